The van der Waals surface area contributed by atoms with Gasteiger partial charge in [-0.3, -0.25) is 14.3 Å². The third-order valence-corrected chi connectivity index (χ3v) is 2.14. The van der Waals surface area contributed by atoms with Gasteiger partial charge in [0.05, 0.1) is 0 Å². The third kappa shape index (κ3) is 1.63. The van der Waals surface area contributed by atoms with E-state index < -0.39 is 11.9 Å². The Morgan fingerprint density at radius 3 is 2.87 bits per heavy atom. The predicted octanol–water partition coefficient (Wildman–Crippen LogP) is 0.444. The first-order valence-electron chi connectivity index (χ1n) is 4.44. The van der Waals surface area contributed by atoms with Crippen molar-refractivity contribution >= 4 is 0 Å². The molecule has 0 aromatic carbocycles. The molecule has 1 aromatic heterocycles. The number of aromatic amines is 1. The Morgan fingerprint density at radius 1 is 1.53 bits per heavy atom. The number of H-pyrrole nitrogens is 1. The van der Waals surface area contributed by atoms with Gasteiger partial charge in [0.15, 0.2) is 6.23 Å². The van der Waals surface area contributed by atoms with Gasteiger partial charge in [-0.15, -0.1) is 0 Å². The lowest BCUT2D eigenvalue weighted by molar-refractivity contribution is 0.118. The van der Waals surface area contributed by atoms with Crippen LogP contribution in [-0.4, -0.2) is 9.55 Å². The number of nitrogens with one attached hydrogen (secondary N) is 1. The fourth-order valence-corrected chi connectivity index (χ4v) is 1.35. The van der Waals surface area contributed by atoms with Crippen LogP contribution in [0, 0.1) is 6.92 Å². The van der Waals surface area contributed by atoms with Gasteiger partial charge in [0.25, 0.3) is 5.56 Å². The van der Waals surface area contributed by atoms with Gasteiger partial charge in [-0.25, -0.2) is 4.79 Å². The standard InChI is InChI=1S/C10H10N2O3/c1-6-5-12(10(14)11-9(6)13)8-4-3-7(2)15-8/h3-5,8H,2H2,1H3,(H,11,13,14)/t8-/m1/s1. The van der Waals surface area contributed by atoms with E-state index in [2.05, 4.69) is 11.6 Å². The summed E-state index contributed by atoms with van der Waals surface area (Å²) in [5.74, 6) is 0.496. The molecule has 1 N–H and O–H groups in total. The molecule has 5 heteroatoms. The van der Waals surface area contributed by atoms with Crippen LogP contribution in [0.15, 0.2) is 40.3 Å². The van der Waals surface area contributed by atoms with Gasteiger partial charge in [-0.2, -0.15) is 0 Å². The van der Waals surface area contributed by atoms with Gasteiger partial charge in [0.2, 0.25) is 0 Å². The van der Waals surface area contributed by atoms with E-state index in [1.165, 1.54) is 10.8 Å². The molecule has 0 fully saturated rings. The smallest absolute Gasteiger partial charge is 0.331 e. The van der Waals surface area contributed by atoms with Crippen LogP contribution in [0.4, 0.5) is 0 Å². The van der Waals surface area contributed by atoms with Gasteiger partial charge < -0.3 is 4.74 Å². The minimum atomic E-state index is -0.513. The van der Waals surface area contributed by atoms with Crippen molar-refractivity contribution in [3.63, 3.8) is 0 Å². The van der Waals surface area contributed by atoms with Crippen LogP contribution in [-0.2, 0) is 4.74 Å². The molecule has 1 aliphatic rings. The minimum Gasteiger partial charge on any atom is -0.467 e. The summed E-state index contributed by atoms with van der Waals surface area (Å²) in [4.78, 5) is 24.8. The number of aryl methyl sites for hydroxylation is 1. The van der Waals surface area contributed by atoms with E-state index in [0.29, 0.717) is 11.3 Å². The highest BCUT2D eigenvalue weighted by molar-refractivity contribution is 5.16. The molecule has 0 aliphatic carbocycles. The van der Waals surface area contributed by atoms with Gasteiger partial charge in [-0.1, -0.05) is 6.58 Å². The summed E-state index contributed by atoms with van der Waals surface area (Å²) in [7, 11) is 0. The summed E-state index contributed by atoms with van der Waals surface area (Å²) >= 11 is 0. The number of hydrogen-bond donors (Lipinski definition) is 1. The maximum atomic E-state index is 11.4. The third-order valence-electron chi connectivity index (χ3n) is 2.14. The Kier molecular flexibility index (Phi) is 2.07. The SMILES string of the molecule is C=C1C=C[C@H](n2cc(C)c(=O)[nH]c2=O)O1. The van der Waals surface area contributed by atoms with E-state index >= 15 is 0 Å². The van der Waals surface area contributed by atoms with Crippen LogP contribution in [0.1, 0.15) is 11.8 Å². The van der Waals surface area contributed by atoms with E-state index in [9.17, 15) is 9.59 Å². The molecule has 1 atom stereocenters. The first-order valence-corrected chi connectivity index (χ1v) is 4.44. The molecule has 2 rings (SSSR count). The second-order valence-corrected chi connectivity index (χ2v) is 3.31. The molecule has 78 valence electrons. The lowest BCUT2D eigenvalue weighted by Gasteiger charge is -2.12. The Labute approximate surface area is 85.3 Å². The number of ether oxygens (including phenoxy) is 1. The second kappa shape index (κ2) is 3.27. The monoisotopic (exact) mass is 206 g/mol. The average molecular weight is 206 g/mol. The summed E-state index contributed by atoms with van der Waals surface area (Å²) < 4.78 is 6.57. The van der Waals surface area contributed by atoms with Crippen molar-refractivity contribution in [2.75, 3.05) is 0 Å². The van der Waals surface area contributed by atoms with Crippen LogP contribution in [0.5, 0.6) is 0 Å². The van der Waals surface area contributed by atoms with Crippen LogP contribution in [0.2, 0.25) is 0 Å². The van der Waals surface area contributed by atoms with Crippen molar-refractivity contribution < 1.29 is 4.74 Å². The molecule has 0 saturated heterocycles. The fraction of sp³-hybridized carbons (Fsp3) is 0.200. The number of nitrogens with zero attached hydrogens (tertiary/aromatic N) is 1. The van der Waals surface area contributed by atoms with Crippen LogP contribution in [0.3, 0.4) is 0 Å². The van der Waals surface area contributed by atoms with Crippen molar-refractivity contribution in [1.29, 1.82) is 0 Å². The molecular formula is C10H10N2O3. The van der Waals surface area contributed by atoms with Gasteiger partial charge >= 0.3 is 5.69 Å². The molecule has 2 heterocycles. The lowest BCUT2D eigenvalue weighted by Crippen LogP contribution is -2.32. The predicted molar refractivity (Wildman–Crippen MR) is 54.5 cm³/mol. The highest BCUT2D eigenvalue weighted by Gasteiger charge is 2.16. The zero-order valence-electron chi connectivity index (χ0n) is 8.19. The molecule has 0 amide bonds. The molecule has 0 bridgehead atoms. The van der Waals surface area contributed by atoms with E-state index in [-0.39, 0.29) is 5.56 Å². The normalized spacial score (nSPS) is 19.3. The Hall–Kier alpha value is -2.04. The van der Waals surface area contributed by atoms with Crippen molar-refractivity contribution in [1.82, 2.24) is 9.55 Å². The first-order chi connectivity index (χ1) is 7.08. The first kappa shape index (κ1) is 9.51. The van der Waals surface area contributed by atoms with Crippen molar-refractivity contribution in [2.45, 2.75) is 13.2 Å². The second-order valence-electron chi connectivity index (χ2n) is 3.31. The van der Waals surface area contributed by atoms with Crippen LogP contribution < -0.4 is 11.2 Å². The van der Waals surface area contributed by atoms with E-state index in [0.717, 1.165) is 0 Å². The maximum absolute atomic E-state index is 11.4. The molecule has 15 heavy (non-hydrogen) atoms. The highest BCUT2D eigenvalue weighted by atomic mass is 16.5. The van der Waals surface area contributed by atoms with Crippen LogP contribution >= 0.6 is 0 Å². The Bertz CT molecular complexity index is 551. The number of aromatic nitrogens is 2. The Morgan fingerprint density at radius 2 is 2.27 bits per heavy atom. The fourth-order valence-electron chi connectivity index (χ4n) is 1.35. The molecule has 0 saturated carbocycles. The highest BCUT2D eigenvalue weighted by Crippen LogP contribution is 2.20. The minimum absolute atomic E-state index is 0.378. The zero-order chi connectivity index (χ0) is 11.0. The van der Waals surface area contributed by atoms with Crippen LogP contribution in [0.25, 0.3) is 0 Å². The van der Waals surface area contributed by atoms with Crippen molar-refractivity contribution in [3.05, 3.63) is 57.1 Å². The number of rotatable bonds is 1. The lowest BCUT2D eigenvalue weighted by atomic mass is 10.4. The quantitative estimate of drug-likeness (QED) is 0.725. The number of hydrogen-bond acceptors (Lipinski definition) is 3. The summed E-state index contributed by atoms with van der Waals surface area (Å²) in [6.45, 7) is 5.23. The average Bonchev–Trinajstić information content (AvgIpc) is 2.58. The summed E-state index contributed by atoms with van der Waals surface area (Å²) in [5, 5.41) is 0. The zero-order valence-corrected chi connectivity index (χ0v) is 8.19. The van der Waals surface area contributed by atoms with E-state index in [4.69, 9.17) is 4.74 Å². The summed E-state index contributed by atoms with van der Waals surface area (Å²) in [6.07, 6.45) is 4.33. The number of allylic oxidation sites excluding steroid dienone is 1. The van der Waals surface area contributed by atoms with Gasteiger partial charge in [0, 0.05) is 11.8 Å². The van der Waals surface area contributed by atoms with E-state index in [1.54, 1.807) is 19.1 Å². The molecular weight excluding hydrogens is 196 g/mol. The molecule has 0 unspecified atom stereocenters. The van der Waals surface area contributed by atoms with Gasteiger partial charge in [0.1, 0.15) is 5.76 Å². The molecule has 5 nitrogen and oxygen atoms in total. The van der Waals surface area contributed by atoms with Crippen molar-refractivity contribution in [2.24, 2.45) is 0 Å². The van der Waals surface area contributed by atoms with Crippen molar-refractivity contribution in [3.8, 4) is 0 Å². The molecule has 1 aliphatic heterocycles. The Balaban J connectivity index is 2.50. The maximum Gasteiger partial charge on any atom is 0.331 e. The molecule has 0 radical (unpaired) electrons. The summed E-state index contributed by atoms with van der Waals surface area (Å²) in [6, 6.07) is 0. The summed E-state index contributed by atoms with van der Waals surface area (Å²) in [5.41, 5.74) is -0.406. The van der Waals surface area contributed by atoms with E-state index in [1.807, 2.05) is 0 Å². The largest absolute Gasteiger partial charge is 0.467 e. The molecule has 1 aromatic rings. The topological polar surface area (TPSA) is 64.1 Å². The molecule has 0 spiro atoms. The van der Waals surface area contributed by atoms with Gasteiger partial charge in [-0.05, 0) is 19.1 Å².